The minimum atomic E-state index is -0.340. The number of nitrogens with one attached hydrogen (secondary N) is 1. The molecule has 28 heavy (non-hydrogen) atoms. The third kappa shape index (κ3) is 4.54. The first-order chi connectivity index (χ1) is 13.6. The van der Waals surface area contributed by atoms with Crippen LogP contribution in [0.15, 0.2) is 72.8 Å². The molecule has 0 radical (unpaired) electrons. The number of amides is 2. The van der Waals surface area contributed by atoms with Crippen molar-refractivity contribution in [2.45, 2.75) is 6.54 Å². The highest BCUT2D eigenvalue weighted by molar-refractivity contribution is 6.05. The van der Waals surface area contributed by atoms with Crippen molar-refractivity contribution in [3.8, 4) is 5.75 Å². The number of hydrogen-bond acceptors (Lipinski definition) is 4. The second kappa shape index (κ2) is 8.81. The van der Waals surface area contributed by atoms with E-state index in [1.165, 1.54) is 4.90 Å². The molecule has 1 aromatic heterocycles. The van der Waals surface area contributed by atoms with Gasteiger partial charge in [-0.25, -0.2) is 4.98 Å². The summed E-state index contributed by atoms with van der Waals surface area (Å²) >= 11 is 0. The van der Waals surface area contributed by atoms with Gasteiger partial charge in [-0.2, -0.15) is 0 Å². The SMILES string of the molecule is COc1ccc(CNC(=O)c2cccc(C(=O)N(C)c3ccccc3)n2)cc1. The summed E-state index contributed by atoms with van der Waals surface area (Å²) < 4.78 is 5.12. The van der Waals surface area contributed by atoms with E-state index in [0.717, 1.165) is 17.0 Å². The van der Waals surface area contributed by atoms with Gasteiger partial charge in [-0.15, -0.1) is 0 Å². The lowest BCUT2D eigenvalue weighted by atomic mass is 10.2. The van der Waals surface area contributed by atoms with Crippen molar-refractivity contribution in [3.05, 3.63) is 89.7 Å². The lowest BCUT2D eigenvalue weighted by molar-refractivity contribution is 0.0945. The topological polar surface area (TPSA) is 71.5 Å². The van der Waals surface area contributed by atoms with Crippen LogP contribution in [-0.2, 0) is 6.54 Å². The zero-order chi connectivity index (χ0) is 19.9. The van der Waals surface area contributed by atoms with Gasteiger partial charge in [-0.05, 0) is 42.0 Å². The molecule has 6 heteroatoms. The maximum atomic E-state index is 12.7. The van der Waals surface area contributed by atoms with Gasteiger partial charge in [0.2, 0.25) is 0 Å². The van der Waals surface area contributed by atoms with E-state index in [9.17, 15) is 9.59 Å². The molecule has 3 rings (SSSR count). The van der Waals surface area contributed by atoms with Crippen molar-refractivity contribution in [2.75, 3.05) is 19.1 Å². The molecule has 0 saturated carbocycles. The molecule has 142 valence electrons. The van der Waals surface area contributed by atoms with E-state index < -0.39 is 0 Å². The summed E-state index contributed by atoms with van der Waals surface area (Å²) in [5, 5.41) is 2.81. The number of para-hydroxylation sites is 1. The smallest absolute Gasteiger partial charge is 0.276 e. The number of carbonyl (C=O) groups is 2. The predicted octanol–water partition coefficient (Wildman–Crippen LogP) is 3.30. The van der Waals surface area contributed by atoms with Gasteiger partial charge in [0.1, 0.15) is 17.1 Å². The van der Waals surface area contributed by atoms with Crippen molar-refractivity contribution in [1.82, 2.24) is 10.3 Å². The summed E-state index contributed by atoms with van der Waals surface area (Å²) in [6.45, 7) is 0.354. The second-order valence-corrected chi connectivity index (χ2v) is 6.14. The van der Waals surface area contributed by atoms with Gasteiger partial charge < -0.3 is 15.0 Å². The lowest BCUT2D eigenvalue weighted by Gasteiger charge is -2.17. The van der Waals surface area contributed by atoms with Crippen LogP contribution in [-0.4, -0.2) is 31.0 Å². The maximum absolute atomic E-state index is 12.7. The molecule has 1 N–H and O–H groups in total. The monoisotopic (exact) mass is 375 g/mol. The number of anilines is 1. The van der Waals surface area contributed by atoms with Gasteiger partial charge in [0.05, 0.1) is 7.11 Å². The van der Waals surface area contributed by atoms with Crippen LogP contribution in [0.25, 0.3) is 0 Å². The van der Waals surface area contributed by atoms with Crippen LogP contribution in [0.2, 0.25) is 0 Å². The Morgan fingerprint density at radius 3 is 2.29 bits per heavy atom. The molecular weight excluding hydrogens is 354 g/mol. The van der Waals surface area contributed by atoms with Gasteiger partial charge in [-0.3, -0.25) is 9.59 Å². The number of aromatic nitrogens is 1. The fraction of sp³-hybridized carbons (Fsp3) is 0.136. The first-order valence-electron chi connectivity index (χ1n) is 8.80. The molecule has 6 nitrogen and oxygen atoms in total. The number of nitrogens with zero attached hydrogens (tertiary/aromatic N) is 2. The molecule has 2 amide bonds. The van der Waals surface area contributed by atoms with Crippen molar-refractivity contribution < 1.29 is 14.3 Å². The van der Waals surface area contributed by atoms with E-state index in [1.54, 1.807) is 32.4 Å². The van der Waals surface area contributed by atoms with E-state index in [2.05, 4.69) is 10.3 Å². The summed E-state index contributed by atoms with van der Waals surface area (Å²) in [7, 11) is 3.28. The standard InChI is InChI=1S/C22H21N3O3/c1-25(17-7-4-3-5-8-17)22(27)20-10-6-9-19(24-20)21(26)23-15-16-11-13-18(28-2)14-12-16/h3-14H,15H2,1-2H3,(H,23,26). The van der Waals surface area contributed by atoms with Crippen LogP contribution in [0.3, 0.4) is 0 Å². The minimum Gasteiger partial charge on any atom is -0.497 e. The lowest BCUT2D eigenvalue weighted by Crippen LogP contribution is -2.29. The number of benzene rings is 2. The second-order valence-electron chi connectivity index (χ2n) is 6.14. The van der Waals surface area contributed by atoms with E-state index in [-0.39, 0.29) is 23.2 Å². The molecule has 0 fully saturated rings. The summed E-state index contributed by atoms with van der Waals surface area (Å²) in [6.07, 6.45) is 0. The van der Waals surface area contributed by atoms with E-state index in [0.29, 0.717) is 6.54 Å². The molecular formula is C22H21N3O3. The normalized spacial score (nSPS) is 10.2. The van der Waals surface area contributed by atoms with Crippen LogP contribution >= 0.6 is 0 Å². The van der Waals surface area contributed by atoms with Gasteiger partial charge in [0.25, 0.3) is 11.8 Å². The average Bonchev–Trinajstić information content (AvgIpc) is 2.77. The highest BCUT2D eigenvalue weighted by atomic mass is 16.5. The molecule has 3 aromatic rings. The Labute approximate surface area is 163 Å². The number of ether oxygens (including phenoxy) is 1. The van der Waals surface area contributed by atoms with Crippen LogP contribution in [0.1, 0.15) is 26.5 Å². The molecule has 0 aliphatic rings. The molecule has 0 aliphatic heterocycles. The first-order valence-corrected chi connectivity index (χ1v) is 8.80. The van der Waals surface area contributed by atoms with E-state index in [1.807, 2.05) is 54.6 Å². The Morgan fingerprint density at radius 2 is 1.61 bits per heavy atom. The number of rotatable bonds is 6. The van der Waals surface area contributed by atoms with Crippen LogP contribution in [0.4, 0.5) is 5.69 Å². The van der Waals surface area contributed by atoms with E-state index in [4.69, 9.17) is 4.74 Å². The van der Waals surface area contributed by atoms with Crippen LogP contribution in [0.5, 0.6) is 5.75 Å². The summed E-state index contributed by atoms with van der Waals surface area (Å²) in [5.41, 5.74) is 2.10. The molecule has 2 aromatic carbocycles. The predicted molar refractivity (Wildman–Crippen MR) is 108 cm³/mol. The Kier molecular flexibility index (Phi) is 6.01. The Hall–Kier alpha value is -3.67. The summed E-state index contributed by atoms with van der Waals surface area (Å²) in [4.78, 5) is 30.8. The minimum absolute atomic E-state index is 0.195. The fourth-order valence-corrected chi connectivity index (χ4v) is 2.64. The fourth-order valence-electron chi connectivity index (χ4n) is 2.64. The molecule has 0 saturated heterocycles. The largest absolute Gasteiger partial charge is 0.497 e. The van der Waals surface area contributed by atoms with Gasteiger partial charge >= 0.3 is 0 Å². The van der Waals surface area contributed by atoms with Crippen LogP contribution < -0.4 is 15.0 Å². The third-order valence-electron chi connectivity index (χ3n) is 4.26. The van der Waals surface area contributed by atoms with Crippen molar-refractivity contribution in [2.24, 2.45) is 0 Å². The zero-order valence-electron chi connectivity index (χ0n) is 15.8. The van der Waals surface area contributed by atoms with Crippen molar-refractivity contribution >= 4 is 17.5 Å². The number of methoxy groups -OCH3 is 1. The van der Waals surface area contributed by atoms with Crippen LogP contribution in [0, 0.1) is 0 Å². The zero-order valence-corrected chi connectivity index (χ0v) is 15.8. The van der Waals surface area contributed by atoms with Crippen molar-refractivity contribution in [3.63, 3.8) is 0 Å². The number of carbonyl (C=O) groups excluding carboxylic acids is 2. The Balaban J connectivity index is 1.67. The molecule has 0 bridgehead atoms. The molecule has 0 atom stereocenters. The Morgan fingerprint density at radius 1 is 0.929 bits per heavy atom. The third-order valence-corrected chi connectivity index (χ3v) is 4.26. The van der Waals surface area contributed by atoms with E-state index >= 15 is 0 Å². The Bertz CT molecular complexity index is 956. The van der Waals surface area contributed by atoms with Gasteiger partial charge in [0.15, 0.2) is 0 Å². The van der Waals surface area contributed by atoms with Gasteiger partial charge in [0, 0.05) is 19.3 Å². The highest BCUT2D eigenvalue weighted by Crippen LogP contribution is 2.14. The molecule has 0 aliphatic carbocycles. The molecule has 1 heterocycles. The maximum Gasteiger partial charge on any atom is 0.276 e. The molecule has 0 unspecified atom stereocenters. The summed E-state index contributed by atoms with van der Waals surface area (Å²) in [5.74, 6) is 0.134. The quantitative estimate of drug-likeness (QED) is 0.718. The highest BCUT2D eigenvalue weighted by Gasteiger charge is 2.17. The average molecular weight is 375 g/mol. The molecule has 0 spiro atoms. The van der Waals surface area contributed by atoms with Crippen molar-refractivity contribution in [1.29, 1.82) is 0 Å². The van der Waals surface area contributed by atoms with Gasteiger partial charge in [-0.1, -0.05) is 36.4 Å². The first kappa shape index (κ1) is 19.1. The summed E-state index contributed by atoms with van der Waals surface area (Å²) in [6, 6.07) is 21.5. The number of hydrogen-bond donors (Lipinski definition) is 1. The number of pyridine rings is 1.